The minimum atomic E-state index is -0.327. The van der Waals surface area contributed by atoms with Crippen molar-refractivity contribution in [2.45, 2.75) is 19.9 Å². The van der Waals surface area contributed by atoms with Gasteiger partial charge in [0.25, 0.3) is 0 Å². The molecular formula is C15H14ClFN2O. The van der Waals surface area contributed by atoms with E-state index in [1.165, 1.54) is 6.07 Å². The van der Waals surface area contributed by atoms with E-state index in [2.05, 4.69) is 16.9 Å². The van der Waals surface area contributed by atoms with Crippen LogP contribution in [0.3, 0.4) is 0 Å². The predicted molar refractivity (Wildman–Crippen MR) is 76.1 cm³/mol. The highest BCUT2D eigenvalue weighted by atomic mass is 35.5. The fourth-order valence-corrected chi connectivity index (χ4v) is 1.86. The van der Waals surface area contributed by atoms with Crippen molar-refractivity contribution < 1.29 is 9.50 Å². The van der Waals surface area contributed by atoms with Gasteiger partial charge in [0.2, 0.25) is 0 Å². The van der Waals surface area contributed by atoms with Crippen molar-refractivity contribution in [2.75, 3.05) is 6.61 Å². The van der Waals surface area contributed by atoms with Gasteiger partial charge in [0.05, 0.1) is 30.1 Å². The molecule has 1 aromatic carbocycles. The van der Waals surface area contributed by atoms with Crippen LogP contribution >= 0.6 is 11.6 Å². The highest BCUT2D eigenvalue weighted by Gasteiger charge is 2.08. The monoisotopic (exact) mass is 292 g/mol. The zero-order chi connectivity index (χ0) is 14.5. The molecule has 0 aliphatic carbocycles. The lowest BCUT2D eigenvalue weighted by molar-refractivity contribution is 0.305. The van der Waals surface area contributed by atoms with Crippen LogP contribution in [0.25, 0.3) is 0 Å². The molecule has 104 valence electrons. The SMILES string of the molecule is Cc1c(Cl)cnn1Cc1ccc(C#CCCO)cc1F. The molecule has 0 saturated heterocycles. The molecule has 0 amide bonds. The molecule has 1 aromatic heterocycles. The van der Waals surface area contributed by atoms with Crippen LogP contribution in [0.5, 0.6) is 0 Å². The number of aliphatic hydroxyl groups is 1. The van der Waals surface area contributed by atoms with Gasteiger partial charge in [-0.1, -0.05) is 29.5 Å². The Morgan fingerprint density at radius 3 is 2.85 bits per heavy atom. The number of benzene rings is 1. The van der Waals surface area contributed by atoms with Crippen molar-refractivity contribution in [3.63, 3.8) is 0 Å². The summed E-state index contributed by atoms with van der Waals surface area (Å²) in [5, 5.41) is 13.3. The van der Waals surface area contributed by atoms with Gasteiger partial charge in [0.15, 0.2) is 0 Å². The van der Waals surface area contributed by atoms with Crippen LogP contribution in [0.2, 0.25) is 5.02 Å². The fraction of sp³-hybridized carbons (Fsp3) is 0.267. The van der Waals surface area contributed by atoms with Gasteiger partial charge in [0, 0.05) is 17.5 Å². The molecule has 0 spiro atoms. The topological polar surface area (TPSA) is 38.0 Å². The minimum Gasteiger partial charge on any atom is -0.395 e. The molecule has 2 rings (SSSR count). The lowest BCUT2D eigenvalue weighted by Crippen LogP contribution is -2.05. The average molecular weight is 293 g/mol. The lowest BCUT2D eigenvalue weighted by Gasteiger charge is -2.06. The normalized spacial score (nSPS) is 10.2. The third-order valence-electron chi connectivity index (χ3n) is 2.89. The van der Waals surface area contributed by atoms with E-state index in [1.807, 2.05) is 6.92 Å². The Balaban J connectivity index is 2.18. The van der Waals surface area contributed by atoms with E-state index >= 15 is 0 Å². The average Bonchev–Trinajstić information content (AvgIpc) is 2.74. The Hall–Kier alpha value is -1.83. The molecule has 0 radical (unpaired) electrons. The highest BCUT2D eigenvalue weighted by Crippen LogP contribution is 2.17. The number of rotatable bonds is 3. The molecule has 1 heterocycles. The van der Waals surface area contributed by atoms with E-state index in [-0.39, 0.29) is 12.4 Å². The molecule has 2 aromatic rings. The minimum absolute atomic E-state index is 0.00685. The van der Waals surface area contributed by atoms with Gasteiger partial charge in [-0.25, -0.2) is 4.39 Å². The maximum Gasteiger partial charge on any atom is 0.129 e. The van der Waals surface area contributed by atoms with Gasteiger partial charge >= 0.3 is 0 Å². The number of halogens is 2. The predicted octanol–water partition coefficient (Wildman–Crippen LogP) is 2.77. The van der Waals surface area contributed by atoms with Crippen LogP contribution in [-0.2, 0) is 6.54 Å². The number of hydrogen-bond donors (Lipinski definition) is 1. The summed E-state index contributed by atoms with van der Waals surface area (Å²) in [6.45, 7) is 2.17. The van der Waals surface area contributed by atoms with E-state index < -0.39 is 0 Å². The first-order valence-corrected chi connectivity index (χ1v) is 6.55. The van der Waals surface area contributed by atoms with Crippen LogP contribution < -0.4 is 0 Å². The van der Waals surface area contributed by atoms with E-state index in [1.54, 1.807) is 23.0 Å². The Kier molecular flexibility index (Phi) is 4.78. The summed E-state index contributed by atoms with van der Waals surface area (Å²) in [5.41, 5.74) is 1.92. The molecule has 0 unspecified atom stereocenters. The molecule has 20 heavy (non-hydrogen) atoms. The Labute approximate surface area is 122 Å². The molecule has 5 heteroatoms. The van der Waals surface area contributed by atoms with Crippen molar-refractivity contribution in [2.24, 2.45) is 0 Å². The summed E-state index contributed by atoms with van der Waals surface area (Å²) < 4.78 is 15.6. The zero-order valence-electron chi connectivity index (χ0n) is 11.0. The summed E-state index contributed by atoms with van der Waals surface area (Å²) in [5.74, 6) is 5.23. The van der Waals surface area contributed by atoms with Crippen LogP contribution in [0, 0.1) is 24.6 Å². The number of nitrogens with zero attached hydrogens (tertiary/aromatic N) is 2. The molecule has 0 atom stereocenters. The van der Waals surface area contributed by atoms with Gasteiger partial charge in [-0.3, -0.25) is 4.68 Å². The van der Waals surface area contributed by atoms with Gasteiger partial charge in [-0.15, -0.1) is 0 Å². The molecule has 0 bridgehead atoms. The summed E-state index contributed by atoms with van der Waals surface area (Å²) >= 11 is 5.92. The summed E-state index contributed by atoms with van der Waals surface area (Å²) in [7, 11) is 0. The molecule has 3 nitrogen and oxygen atoms in total. The van der Waals surface area contributed by atoms with E-state index in [0.29, 0.717) is 29.1 Å². The second kappa shape index (κ2) is 6.56. The summed E-state index contributed by atoms with van der Waals surface area (Å²) in [4.78, 5) is 0. The number of aliphatic hydroxyl groups excluding tert-OH is 1. The van der Waals surface area contributed by atoms with Crippen molar-refractivity contribution in [3.8, 4) is 11.8 Å². The van der Waals surface area contributed by atoms with Crippen molar-refractivity contribution >= 4 is 11.6 Å². The molecular weight excluding hydrogens is 279 g/mol. The van der Waals surface area contributed by atoms with Crippen LogP contribution in [0.1, 0.15) is 23.2 Å². The first-order valence-electron chi connectivity index (χ1n) is 6.18. The first-order chi connectivity index (χ1) is 9.61. The summed E-state index contributed by atoms with van der Waals surface area (Å²) in [6.07, 6.45) is 1.93. The molecule has 0 aliphatic rings. The molecule has 1 N–H and O–H groups in total. The van der Waals surface area contributed by atoms with Gasteiger partial charge < -0.3 is 5.11 Å². The standard InChI is InChI=1S/C15H14ClFN2O/c1-11-14(16)9-18-19(11)10-13-6-5-12(8-15(13)17)4-2-3-7-20/h5-6,8-9,20H,3,7,10H2,1H3. The number of aromatic nitrogens is 2. The van der Waals surface area contributed by atoms with Crippen LogP contribution in [-0.4, -0.2) is 21.5 Å². The first kappa shape index (κ1) is 14.6. The van der Waals surface area contributed by atoms with E-state index in [4.69, 9.17) is 16.7 Å². The fourth-order valence-electron chi connectivity index (χ4n) is 1.72. The molecule has 0 saturated carbocycles. The smallest absolute Gasteiger partial charge is 0.129 e. The number of hydrogen-bond acceptors (Lipinski definition) is 2. The van der Waals surface area contributed by atoms with E-state index in [0.717, 1.165) is 5.69 Å². The molecule has 0 aliphatic heterocycles. The molecule has 0 fully saturated rings. The van der Waals surface area contributed by atoms with Crippen molar-refractivity contribution in [3.05, 3.63) is 52.1 Å². The quantitative estimate of drug-likeness (QED) is 0.884. The van der Waals surface area contributed by atoms with Crippen LogP contribution in [0.15, 0.2) is 24.4 Å². The largest absolute Gasteiger partial charge is 0.395 e. The summed E-state index contributed by atoms with van der Waals surface area (Å²) in [6, 6.07) is 4.83. The van der Waals surface area contributed by atoms with Crippen molar-refractivity contribution in [1.29, 1.82) is 0 Å². The Morgan fingerprint density at radius 1 is 1.45 bits per heavy atom. The second-order valence-corrected chi connectivity index (χ2v) is 4.72. The third-order valence-corrected chi connectivity index (χ3v) is 3.26. The third kappa shape index (κ3) is 3.38. The van der Waals surface area contributed by atoms with Gasteiger partial charge in [-0.05, 0) is 19.1 Å². The Bertz CT molecular complexity index is 670. The van der Waals surface area contributed by atoms with Gasteiger partial charge in [-0.2, -0.15) is 5.10 Å². The van der Waals surface area contributed by atoms with Crippen molar-refractivity contribution in [1.82, 2.24) is 9.78 Å². The second-order valence-electron chi connectivity index (χ2n) is 4.32. The van der Waals surface area contributed by atoms with Gasteiger partial charge in [0.1, 0.15) is 5.82 Å². The zero-order valence-corrected chi connectivity index (χ0v) is 11.8. The van der Waals surface area contributed by atoms with E-state index in [9.17, 15) is 4.39 Å². The lowest BCUT2D eigenvalue weighted by atomic mass is 10.1. The van der Waals surface area contributed by atoms with Crippen LogP contribution in [0.4, 0.5) is 4.39 Å². The maximum absolute atomic E-state index is 14.0. The maximum atomic E-state index is 14.0. The highest BCUT2D eigenvalue weighted by molar-refractivity contribution is 6.31. The Morgan fingerprint density at radius 2 is 2.25 bits per heavy atom.